The van der Waals surface area contributed by atoms with Crippen LogP contribution in [0, 0.1) is 10.8 Å². The molecule has 0 bridgehead atoms. The van der Waals surface area contributed by atoms with Crippen LogP contribution in [0.15, 0.2) is 0 Å². The van der Waals surface area contributed by atoms with Gasteiger partial charge in [-0.3, -0.25) is 0 Å². The van der Waals surface area contributed by atoms with Crippen molar-refractivity contribution >= 4 is 0 Å². The summed E-state index contributed by atoms with van der Waals surface area (Å²) in [5.41, 5.74) is 0.622. The van der Waals surface area contributed by atoms with E-state index < -0.39 is 5.60 Å². The van der Waals surface area contributed by atoms with E-state index in [0.717, 1.165) is 19.4 Å². The molecule has 0 aromatic heterocycles. The molecular weight excluding hydrogens is 246 g/mol. The Morgan fingerprint density at radius 2 is 1.55 bits per heavy atom. The molecule has 2 nitrogen and oxygen atoms in total. The lowest BCUT2D eigenvalue weighted by Gasteiger charge is -2.53. The molecule has 3 saturated carbocycles. The van der Waals surface area contributed by atoms with Gasteiger partial charge in [-0.25, -0.2) is 0 Å². The van der Waals surface area contributed by atoms with Crippen molar-refractivity contribution in [3.8, 4) is 0 Å². The summed E-state index contributed by atoms with van der Waals surface area (Å²) in [6.45, 7) is 5.50. The lowest BCUT2D eigenvalue weighted by atomic mass is 9.57. The average molecular weight is 279 g/mol. The molecule has 20 heavy (non-hydrogen) atoms. The number of hydrogen-bond donors (Lipinski definition) is 2. The molecule has 2 heteroatoms. The molecule has 0 saturated heterocycles. The third-order valence-corrected chi connectivity index (χ3v) is 6.73. The van der Waals surface area contributed by atoms with Gasteiger partial charge in [-0.15, -0.1) is 0 Å². The van der Waals surface area contributed by atoms with Crippen molar-refractivity contribution in [3.63, 3.8) is 0 Å². The SMILES string of the molecule is CC1(C)CCC(O)(CNC2CCC23CCCCC3)CC1. The molecule has 1 unspecified atom stereocenters. The first-order chi connectivity index (χ1) is 9.43. The summed E-state index contributed by atoms with van der Waals surface area (Å²) in [7, 11) is 0. The third kappa shape index (κ3) is 2.92. The largest absolute Gasteiger partial charge is 0.389 e. The molecule has 0 amide bonds. The normalized spacial score (nSPS) is 34.6. The fourth-order valence-corrected chi connectivity index (χ4v) is 4.75. The van der Waals surface area contributed by atoms with Crippen LogP contribution in [0.25, 0.3) is 0 Å². The molecule has 3 rings (SSSR count). The van der Waals surface area contributed by atoms with E-state index in [9.17, 15) is 5.11 Å². The van der Waals surface area contributed by atoms with Crippen LogP contribution in [0.3, 0.4) is 0 Å². The Balaban J connectivity index is 1.50. The minimum atomic E-state index is -0.430. The lowest BCUT2D eigenvalue weighted by molar-refractivity contribution is -0.0434. The fraction of sp³-hybridized carbons (Fsp3) is 1.00. The minimum absolute atomic E-state index is 0.430. The first-order valence-electron chi connectivity index (χ1n) is 8.89. The van der Waals surface area contributed by atoms with Gasteiger partial charge in [0.15, 0.2) is 0 Å². The first-order valence-corrected chi connectivity index (χ1v) is 8.89. The summed E-state index contributed by atoms with van der Waals surface area (Å²) < 4.78 is 0. The van der Waals surface area contributed by atoms with E-state index >= 15 is 0 Å². The zero-order chi connectivity index (χ0) is 14.3. The van der Waals surface area contributed by atoms with Crippen LogP contribution in [-0.4, -0.2) is 23.3 Å². The summed E-state index contributed by atoms with van der Waals surface area (Å²) in [5, 5.41) is 14.6. The lowest BCUT2D eigenvalue weighted by Crippen LogP contribution is -2.58. The summed E-state index contributed by atoms with van der Waals surface area (Å²) in [5.74, 6) is 0. The van der Waals surface area contributed by atoms with E-state index in [4.69, 9.17) is 0 Å². The van der Waals surface area contributed by atoms with E-state index in [1.165, 1.54) is 57.8 Å². The van der Waals surface area contributed by atoms with Crippen LogP contribution >= 0.6 is 0 Å². The van der Waals surface area contributed by atoms with Crippen LogP contribution in [-0.2, 0) is 0 Å². The number of nitrogens with one attached hydrogen (secondary N) is 1. The highest BCUT2D eigenvalue weighted by atomic mass is 16.3. The van der Waals surface area contributed by atoms with E-state index in [2.05, 4.69) is 19.2 Å². The van der Waals surface area contributed by atoms with Crippen LogP contribution in [0.2, 0.25) is 0 Å². The molecule has 3 aliphatic carbocycles. The Morgan fingerprint density at radius 1 is 0.900 bits per heavy atom. The van der Waals surface area contributed by atoms with Crippen molar-refractivity contribution in [3.05, 3.63) is 0 Å². The molecule has 2 N–H and O–H groups in total. The number of hydrogen-bond acceptors (Lipinski definition) is 2. The van der Waals surface area contributed by atoms with Gasteiger partial charge in [-0.05, 0) is 62.2 Å². The maximum atomic E-state index is 10.8. The van der Waals surface area contributed by atoms with Crippen molar-refractivity contribution in [2.45, 2.75) is 96.1 Å². The smallest absolute Gasteiger partial charge is 0.0772 e. The second-order valence-corrected chi connectivity index (χ2v) is 8.78. The Bertz CT molecular complexity index is 333. The molecule has 0 aromatic rings. The Labute approximate surface area is 124 Å². The molecule has 3 fully saturated rings. The van der Waals surface area contributed by atoms with E-state index in [1.54, 1.807) is 0 Å². The second-order valence-electron chi connectivity index (χ2n) is 8.78. The zero-order valence-corrected chi connectivity index (χ0v) is 13.5. The monoisotopic (exact) mass is 279 g/mol. The quantitative estimate of drug-likeness (QED) is 0.818. The van der Waals surface area contributed by atoms with Crippen LogP contribution < -0.4 is 5.32 Å². The summed E-state index contributed by atoms with van der Waals surface area (Å²) in [6.07, 6.45) is 14.2. The van der Waals surface area contributed by atoms with Gasteiger partial charge in [-0.2, -0.15) is 0 Å². The maximum Gasteiger partial charge on any atom is 0.0772 e. The van der Waals surface area contributed by atoms with Crippen LogP contribution in [0.1, 0.15) is 84.5 Å². The maximum absolute atomic E-state index is 10.8. The van der Waals surface area contributed by atoms with Crippen molar-refractivity contribution < 1.29 is 5.11 Å². The van der Waals surface area contributed by atoms with E-state index in [0.29, 0.717) is 16.9 Å². The fourth-order valence-electron chi connectivity index (χ4n) is 4.75. The Morgan fingerprint density at radius 3 is 2.10 bits per heavy atom. The highest BCUT2D eigenvalue weighted by Crippen LogP contribution is 2.52. The number of rotatable bonds is 3. The Kier molecular flexibility index (Phi) is 3.92. The summed E-state index contributed by atoms with van der Waals surface area (Å²) in [4.78, 5) is 0. The summed E-state index contributed by atoms with van der Waals surface area (Å²) >= 11 is 0. The average Bonchev–Trinajstić information content (AvgIpc) is 2.43. The van der Waals surface area contributed by atoms with E-state index in [1.807, 2.05) is 0 Å². The third-order valence-electron chi connectivity index (χ3n) is 6.73. The van der Waals surface area contributed by atoms with Gasteiger partial charge in [0.05, 0.1) is 5.60 Å². The summed E-state index contributed by atoms with van der Waals surface area (Å²) in [6, 6.07) is 0.696. The molecule has 3 aliphatic rings. The van der Waals surface area contributed by atoms with Gasteiger partial charge in [-0.1, -0.05) is 33.1 Å². The van der Waals surface area contributed by atoms with E-state index in [-0.39, 0.29) is 0 Å². The van der Waals surface area contributed by atoms with Gasteiger partial charge < -0.3 is 10.4 Å². The van der Waals surface area contributed by atoms with Crippen molar-refractivity contribution in [1.82, 2.24) is 5.32 Å². The van der Waals surface area contributed by atoms with Crippen LogP contribution in [0.5, 0.6) is 0 Å². The second kappa shape index (κ2) is 5.28. The number of aliphatic hydroxyl groups is 1. The van der Waals surface area contributed by atoms with Crippen LogP contribution in [0.4, 0.5) is 0 Å². The Hall–Kier alpha value is -0.0800. The molecule has 116 valence electrons. The van der Waals surface area contributed by atoms with Crippen molar-refractivity contribution in [2.24, 2.45) is 10.8 Å². The molecule has 1 atom stereocenters. The first kappa shape index (κ1) is 14.8. The predicted molar refractivity (Wildman–Crippen MR) is 83.7 cm³/mol. The molecule has 1 spiro atoms. The topological polar surface area (TPSA) is 32.3 Å². The van der Waals surface area contributed by atoms with Gasteiger partial charge in [0, 0.05) is 12.6 Å². The van der Waals surface area contributed by atoms with Gasteiger partial charge in [0.25, 0.3) is 0 Å². The predicted octanol–water partition coefficient (Wildman–Crippen LogP) is 4.02. The van der Waals surface area contributed by atoms with Crippen molar-refractivity contribution in [1.29, 1.82) is 0 Å². The minimum Gasteiger partial charge on any atom is -0.389 e. The molecular formula is C18H33NO. The highest BCUT2D eigenvalue weighted by Gasteiger charge is 2.47. The van der Waals surface area contributed by atoms with Crippen molar-refractivity contribution in [2.75, 3.05) is 6.54 Å². The molecule has 0 heterocycles. The zero-order valence-electron chi connectivity index (χ0n) is 13.5. The van der Waals surface area contributed by atoms with Gasteiger partial charge in [0.2, 0.25) is 0 Å². The molecule has 0 radical (unpaired) electrons. The van der Waals surface area contributed by atoms with Gasteiger partial charge >= 0.3 is 0 Å². The molecule has 0 aromatic carbocycles. The van der Waals surface area contributed by atoms with Gasteiger partial charge in [0.1, 0.15) is 0 Å². The standard InChI is InChI=1S/C18H33NO/c1-16(2)10-12-18(20,13-11-16)14-19-15-6-9-17(15)7-4-3-5-8-17/h15,19-20H,3-14H2,1-2H3. The highest BCUT2D eigenvalue weighted by molar-refractivity contribution is 5.03. The molecule has 0 aliphatic heterocycles.